The molecule has 0 saturated heterocycles. The van der Waals surface area contributed by atoms with Gasteiger partial charge in [0.1, 0.15) is 11.3 Å². The van der Waals surface area contributed by atoms with E-state index in [-0.39, 0.29) is 24.5 Å². The van der Waals surface area contributed by atoms with E-state index in [1.165, 1.54) is 25.3 Å². The molecule has 0 atom stereocenters. The fraction of sp³-hybridized carbons (Fsp3) is 0.333. The Kier molecular flexibility index (Phi) is 5.45. The second-order valence-corrected chi connectivity index (χ2v) is 3.66. The third-order valence-corrected chi connectivity index (χ3v) is 2.23. The Hall–Kier alpha value is -1.75. The van der Waals surface area contributed by atoms with Crippen LogP contribution < -0.4 is 4.74 Å². The summed E-state index contributed by atoms with van der Waals surface area (Å²) in [6.45, 7) is 1.66. The van der Waals surface area contributed by atoms with Crippen LogP contribution in [-0.4, -0.2) is 32.3 Å². The van der Waals surface area contributed by atoms with E-state index in [1.807, 2.05) is 0 Å². The third-order valence-electron chi connectivity index (χ3n) is 2.00. The van der Waals surface area contributed by atoms with Gasteiger partial charge >= 0.3 is 11.9 Å². The maximum atomic E-state index is 11.5. The van der Waals surface area contributed by atoms with Crippen LogP contribution in [-0.2, 0) is 14.3 Å². The fourth-order valence-electron chi connectivity index (χ4n) is 1.23. The van der Waals surface area contributed by atoms with Crippen LogP contribution in [0.4, 0.5) is 0 Å². The molecular weight excluding hydrogens is 260 g/mol. The summed E-state index contributed by atoms with van der Waals surface area (Å²) in [5.41, 5.74) is 0.200. The lowest BCUT2D eigenvalue weighted by Crippen LogP contribution is -2.16. The Morgan fingerprint density at radius 2 is 2.06 bits per heavy atom. The molecule has 0 spiro atoms. The van der Waals surface area contributed by atoms with Crippen molar-refractivity contribution in [3.8, 4) is 5.75 Å². The van der Waals surface area contributed by atoms with E-state index in [2.05, 4.69) is 4.74 Å². The van der Waals surface area contributed by atoms with Crippen LogP contribution in [0.3, 0.4) is 0 Å². The van der Waals surface area contributed by atoms with Crippen LogP contribution in [0.2, 0.25) is 5.02 Å². The summed E-state index contributed by atoms with van der Waals surface area (Å²) >= 11 is 5.79. The minimum atomic E-state index is -0.564. The Morgan fingerprint density at radius 3 is 2.67 bits per heavy atom. The zero-order valence-corrected chi connectivity index (χ0v) is 10.8. The molecule has 0 aliphatic carbocycles. The van der Waals surface area contributed by atoms with Crippen molar-refractivity contribution in [2.45, 2.75) is 6.92 Å². The minimum absolute atomic E-state index is 0.183. The quantitative estimate of drug-likeness (QED) is 0.768. The largest absolute Gasteiger partial charge is 0.481 e. The highest BCUT2D eigenvalue weighted by atomic mass is 35.5. The van der Waals surface area contributed by atoms with Crippen molar-refractivity contribution in [1.29, 1.82) is 0 Å². The molecule has 1 aromatic carbocycles. The molecular formula is C12H13ClO5. The number of hydrogen-bond acceptors (Lipinski definition) is 5. The van der Waals surface area contributed by atoms with Gasteiger partial charge in [0.05, 0.1) is 13.7 Å². The molecule has 0 aromatic heterocycles. The van der Waals surface area contributed by atoms with E-state index in [4.69, 9.17) is 21.1 Å². The van der Waals surface area contributed by atoms with Gasteiger partial charge in [-0.3, -0.25) is 0 Å². The molecule has 5 nitrogen and oxygen atoms in total. The van der Waals surface area contributed by atoms with Gasteiger partial charge < -0.3 is 14.2 Å². The normalized spacial score (nSPS) is 9.72. The van der Waals surface area contributed by atoms with E-state index in [0.717, 1.165) is 0 Å². The molecule has 0 radical (unpaired) electrons. The second kappa shape index (κ2) is 6.86. The van der Waals surface area contributed by atoms with Crippen LogP contribution in [0.15, 0.2) is 18.2 Å². The van der Waals surface area contributed by atoms with Crippen molar-refractivity contribution in [3.63, 3.8) is 0 Å². The lowest BCUT2D eigenvalue weighted by molar-refractivity contribution is -0.145. The van der Waals surface area contributed by atoms with Gasteiger partial charge in [0, 0.05) is 5.02 Å². The minimum Gasteiger partial charge on any atom is -0.481 e. The predicted octanol–water partition coefficient (Wildman–Crippen LogP) is 2.07. The number of benzene rings is 1. The maximum absolute atomic E-state index is 11.5. The molecule has 0 saturated carbocycles. The second-order valence-electron chi connectivity index (χ2n) is 3.23. The number of halogens is 1. The standard InChI is InChI=1S/C12H13ClO5/c1-3-17-11(14)7-18-10-6-8(13)4-5-9(10)12(15)16-2/h4-6H,3,7H2,1-2H3. The van der Waals surface area contributed by atoms with E-state index in [1.54, 1.807) is 6.92 Å². The lowest BCUT2D eigenvalue weighted by atomic mass is 10.2. The van der Waals surface area contributed by atoms with E-state index in [9.17, 15) is 9.59 Å². The topological polar surface area (TPSA) is 61.8 Å². The highest BCUT2D eigenvalue weighted by molar-refractivity contribution is 6.30. The van der Waals surface area contributed by atoms with Gasteiger partial charge in [0.2, 0.25) is 0 Å². The SMILES string of the molecule is CCOC(=O)COc1cc(Cl)ccc1C(=O)OC. The molecule has 0 amide bonds. The molecule has 1 rings (SSSR count). The number of rotatable bonds is 5. The molecule has 6 heteroatoms. The van der Waals surface area contributed by atoms with Gasteiger partial charge in [-0.05, 0) is 25.1 Å². The summed E-state index contributed by atoms with van der Waals surface area (Å²) in [4.78, 5) is 22.6. The molecule has 0 bridgehead atoms. The van der Waals surface area contributed by atoms with Crippen molar-refractivity contribution in [1.82, 2.24) is 0 Å². The summed E-state index contributed by atoms with van der Waals surface area (Å²) in [6, 6.07) is 4.44. The molecule has 0 heterocycles. The number of hydrogen-bond donors (Lipinski definition) is 0. The molecule has 0 aliphatic rings. The van der Waals surface area contributed by atoms with Crippen LogP contribution in [0.5, 0.6) is 5.75 Å². The Balaban J connectivity index is 2.82. The summed E-state index contributed by atoms with van der Waals surface area (Å²) < 4.78 is 14.5. The van der Waals surface area contributed by atoms with Crippen LogP contribution in [0, 0.1) is 0 Å². The van der Waals surface area contributed by atoms with Gasteiger partial charge in [-0.2, -0.15) is 0 Å². The zero-order chi connectivity index (χ0) is 13.5. The van der Waals surface area contributed by atoms with Crippen molar-refractivity contribution in [3.05, 3.63) is 28.8 Å². The van der Waals surface area contributed by atoms with Gasteiger partial charge in [-0.15, -0.1) is 0 Å². The van der Waals surface area contributed by atoms with E-state index in [0.29, 0.717) is 5.02 Å². The molecule has 0 aliphatic heterocycles. The summed E-state index contributed by atoms with van der Waals surface area (Å²) in [5, 5.41) is 0.390. The molecule has 98 valence electrons. The first-order chi connectivity index (χ1) is 8.58. The van der Waals surface area contributed by atoms with Gasteiger partial charge in [-0.25, -0.2) is 9.59 Å². The average Bonchev–Trinajstić information content (AvgIpc) is 2.36. The smallest absolute Gasteiger partial charge is 0.344 e. The van der Waals surface area contributed by atoms with E-state index >= 15 is 0 Å². The van der Waals surface area contributed by atoms with Gasteiger partial charge in [0.15, 0.2) is 6.61 Å². The summed E-state index contributed by atoms with van der Waals surface area (Å²) in [6.07, 6.45) is 0. The Bertz CT molecular complexity index is 444. The van der Waals surface area contributed by atoms with Crippen LogP contribution >= 0.6 is 11.6 Å². The number of methoxy groups -OCH3 is 1. The monoisotopic (exact) mass is 272 g/mol. The Labute approximate surface area is 110 Å². The molecule has 1 aromatic rings. The van der Waals surface area contributed by atoms with Crippen molar-refractivity contribution in [2.24, 2.45) is 0 Å². The number of ether oxygens (including phenoxy) is 3. The highest BCUT2D eigenvalue weighted by Gasteiger charge is 2.14. The number of carbonyl (C=O) groups excluding carboxylic acids is 2. The van der Waals surface area contributed by atoms with Gasteiger partial charge in [-0.1, -0.05) is 11.6 Å². The van der Waals surface area contributed by atoms with Crippen LogP contribution in [0.25, 0.3) is 0 Å². The van der Waals surface area contributed by atoms with Gasteiger partial charge in [0.25, 0.3) is 0 Å². The predicted molar refractivity (Wildman–Crippen MR) is 64.9 cm³/mol. The van der Waals surface area contributed by atoms with Crippen molar-refractivity contribution in [2.75, 3.05) is 20.3 Å². The first-order valence-electron chi connectivity index (χ1n) is 5.24. The van der Waals surface area contributed by atoms with Crippen LogP contribution in [0.1, 0.15) is 17.3 Å². The molecule has 0 N–H and O–H groups in total. The summed E-state index contributed by atoms with van der Waals surface area (Å²) in [5.74, 6) is -0.902. The number of esters is 2. The fourth-order valence-corrected chi connectivity index (χ4v) is 1.40. The van der Waals surface area contributed by atoms with Crippen molar-refractivity contribution < 1.29 is 23.8 Å². The molecule has 18 heavy (non-hydrogen) atoms. The maximum Gasteiger partial charge on any atom is 0.344 e. The van der Waals surface area contributed by atoms with E-state index < -0.39 is 11.9 Å². The average molecular weight is 273 g/mol. The lowest BCUT2D eigenvalue weighted by Gasteiger charge is -2.10. The Morgan fingerprint density at radius 1 is 1.33 bits per heavy atom. The first kappa shape index (κ1) is 14.3. The number of carbonyl (C=O) groups is 2. The third kappa shape index (κ3) is 3.92. The zero-order valence-electron chi connectivity index (χ0n) is 10.1. The van der Waals surface area contributed by atoms with Crippen molar-refractivity contribution >= 4 is 23.5 Å². The molecule has 0 unspecified atom stereocenters. The molecule has 0 fully saturated rings. The highest BCUT2D eigenvalue weighted by Crippen LogP contribution is 2.24. The summed E-state index contributed by atoms with van der Waals surface area (Å²) in [7, 11) is 1.26. The first-order valence-corrected chi connectivity index (χ1v) is 5.62.